The number of hydrogen-bond donors (Lipinski definition) is 1. The van der Waals surface area contributed by atoms with Gasteiger partial charge in [0.05, 0.1) is 0 Å². The van der Waals surface area contributed by atoms with Gasteiger partial charge in [0.2, 0.25) is 0 Å². The molecule has 0 spiro atoms. The zero-order valence-corrected chi connectivity index (χ0v) is 12.2. The van der Waals surface area contributed by atoms with E-state index >= 15 is 0 Å². The van der Waals surface area contributed by atoms with E-state index in [0.29, 0.717) is 18.7 Å². The van der Waals surface area contributed by atoms with Crippen LogP contribution in [0.3, 0.4) is 0 Å². The number of nitrogens with two attached hydrogens (primary N) is 1. The molecule has 0 heterocycles. The molecule has 0 bridgehead atoms. The molecule has 112 valence electrons. The molecule has 2 N–H and O–H groups in total. The highest BCUT2D eigenvalue weighted by atomic mass is 19.1. The molecule has 2 aromatic carbocycles. The maximum atomic E-state index is 13.8. The summed E-state index contributed by atoms with van der Waals surface area (Å²) in [7, 11) is 0. The maximum Gasteiger partial charge on any atom is 0.130 e. The second-order valence-corrected chi connectivity index (χ2v) is 5.15. The molecule has 2 nitrogen and oxygen atoms in total. The molecule has 0 radical (unpaired) electrons. The predicted molar refractivity (Wildman–Crippen MR) is 81.6 cm³/mol. The third-order valence-electron chi connectivity index (χ3n) is 3.40. The predicted octanol–water partition coefficient (Wildman–Crippen LogP) is 3.96. The first-order valence-electron chi connectivity index (χ1n) is 7.09. The molecule has 0 aromatic heterocycles. The minimum absolute atomic E-state index is 0.439. The van der Waals surface area contributed by atoms with Crippen LogP contribution in [0.1, 0.15) is 24.5 Å². The molecule has 0 unspecified atom stereocenters. The van der Waals surface area contributed by atoms with Crippen molar-refractivity contribution >= 4 is 5.69 Å². The van der Waals surface area contributed by atoms with Crippen LogP contribution in [0, 0.1) is 11.6 Å². The summed E-state index contributed by atoms with van der Waals surface area (Å²) in [5.41, 5.74) is 8.21. The lowest BCUT2D eigenvalue weighted by Crippen LogP contribution is -2.24. The van der Waals surface area contributed by atoms with Crippen molar-refractivity contribution in [1.29, 1.82) is 0 Å². The molecule has 21 heavy (non-hydrogen) atoms. The fourth-order valence-corrected chi connectivity index (χ4v) is 2.34. The standard InChI is InChI=1S/C17H20F2N2/c1-2-9-21(12-14-5-3-4-6-17(14)20)11-13-7-8-15(18)10-16(13)19/h3-8,10H,2,9,11-12,20H2,1H3. The third kappa shape index (κ3) is 4.26. The van der Waals surface area contributed by atoms with Crippen LogP contribution >= 0.6 is 0 Å². The Morgan fingerprint density at radius 2 is 1.71 bits per heavy atom. The Bertz CT molecular complexity index is 599. The molecule has 0 amide bonds. The summed E-state index contributed by atoms with van der Waals surface area (Å²) < 4.78 is 26.7. The molecule has 4 heteroatoms. The number of hydrogen-bond acceptors (Lipinski definition) is 2. The molecule has 0 aliphatic carbocycles. The SMILES string of the molecule is CCCN(Cc1ccccc1N)Cc1ccc(F)cc1F. The van der Waals surface area contributed by atoms with Crippen LogP contribution in [-0.4, -0.2) is 11.4 Å². The van der Waals surface area contributed by atoms with Gasteiger partial charge in [0.25, 0.3) is 0 Å². The fraction of sp³-hybridized carbons (Fsp3) is 0.294. The number of nitrogens with zero attached hydrogens (tertiary/aromatic N) is 1. The average molecular weight is 290 g/mol. The van der Waals surface area contributed by atoms with Crippen molar-refractivity contribution in [1.82, 2.24) is 4.90 Å². The van der Waals surface area contributed by atoms with Crippen molar-refractivity contribution in [2.24, 2.45) is 0 Å². The quantitative estimate of drug-likeness (QED) is 0.816. The van der Waals surface area contributed by atoms with E-state index in [1.807, 2.05) is 24.3 Å². The largest absolute Gasteiger partial charge is 0.398 e. The van der Waals surface area contributed by atoms with Crippen molar-refractivity contribution in [2.45, 2.75) is 26.4 Å². The zero-order valence-electron chi connectivity index (χ0n) is 12.2. The first-order valence-corrected chi connectivity index (χ1v) is 7.09. The Kier molecular flexibility index (Phi) is 5.28. The second kappa shape index (κ2) is 7.18. The highest BCUT2D eigenvalue weighted by molar-refractivity contribution is 5.46. The molecule has 0 saturated carbocycles. The van der Waals surface area contributed by atoms with E-state index in [2.05, 4.69) is 11.8 Å². The summed E-state index contributed by atoms with van der Waals surface area (Å²) in [4.78, 5) is 2.11. The van der Waals surface area contributed by atoms with Gasteiger partial charge in [0.1, 0.15) is 11.6 Å². The Morgan fingerprint density at radius 3 is 2.38 bits per heavy atom. The van der Waals surface area contributed by atoms with Gasteiger partial charge in [0.15, 0.2) is 0 Å². The summed E-state index contributed by atoms with van der Waals surface area (Å²) in [6.07, 6.45) is 0.954. The molecular weight excluding hydrogens is 270 g/mol. The first kappa shape index (κ1) is 15.4. The maximum absolute atomic E-state index is 13.8. The van der Waals surface area contributed by atoms with Gasteiger partial charge in [0, 0.05) is 30.4 Å². The van der Waals surface area contributed by atoms with Gasteiger partial charge in [-0.25, -0.2) is 8.78 Å². The normalized spacial score (nSPS) is 11.0. The number of nitrogen functional groups attached to an aromatic ring is 1. The molecule has 0 saturated heterocycles. The van der Waals surface area contributed by atoms with Crippen molar-refractivity contribution in [3.63, 3.8) is 0 Å². The monoisotopic (exact) mass is 290 g/mol. The van der Waals surface area contributed by atoms with Crippen LogP contribution in [-0.2, 0) is 13.1 Å². The van der Waals surface area contributed by atoms with Crippen LogP contribution < -0.4 is 5.73 Å². The molecule has 2 aromatic rings. The summed E-state index contributed by atoms with van der Waals surface area (Å²) in [5.74, 6) is -1.05. The minimum atomic E-state index is -0.550. The second-order valence-electron chi connectivity index (χ2n) is 5.15. The van der Waals surface area contributed by atoms with Gasteiger partial charge < -0.3 is 5.73 Å². The van der Waals surface area contributed by atoms with Crippen LogP contribution in [0.15, 0.2) is 42.5 Å². The summed E-state index contributed by atoms with van der Waals surface area (Å²) in [5, 5.41) is 0. The molecule has 0 fully saturated rings. The van der Waals surface area contributed by atoms with Gasteiger partial charge in [-0.15, -0.1) is 0 Å². The summed E-state index contributed by atoms with van der Waals surface area (Å²) in [6, 6.07) is 11.4. The van der Waals surface area contributed by atoms with E-state index < -0.39 is 11.6 Å². The van der Waals surface area contributed by atoms with E-state index in [1.54, 1.807) is 0 Å². The highest BCUT2D eigenvalue weighted by Crippen LogP contribution is 2.17. The van der Waals surface area contributed by atoms with Crippen LogP contribution in [0.5, 0.6) is 0 Å². The zero-order chi connectivity index (χ0) is 15.2. The van der Waals surface area contributed by atoms with Crippen LogP contribution in [0.2, 0.25) is 0 Å². The molecule has 0 atom stereocenters. The minimum Gasteiger partial charge on any atom is -0.398 e. The highest BCUT2D eigenvalue weighted by Gasteiger charge is 2.11. The number of halogens is 2. The third-order valence-corrected chi connectivity index (χ3v) is 3.40. The van der Waals surface area contributed by atoms with Crippen LogP contribution in [0.25, 0.3) is 0 Å². The van der Waals surface area contributed by atoms with Crippen LogP contribution in [0.4, 0.5) is 14.5 Å². The van der Waals surface area contributed by atoms with E-state index in [9.17, 15) is 8.78 Å². The molecular formula is C17H20F2N2. The number of rotatable bonds is 6. The van der Waals surface area contributed by atoms with Gasteiger partial charge in [-0.2, -0.15) is 0 Å². The van der Waals surface area contributed by atoms with Crippen molar-refractivity contribution in [2.75, 3.05) is 12.3 Å². The Morgan fingerprint density at radius 1 is 1.00 bits per heavy atom. The van der Waals surface area contributed by atoms with E-state index in [-0.39, 0.29) is 0 Å². The van der Waals surface area contributed by atoms with Gasteiger partial charge in [-0.05, 0) is 30.7 Å². The van der Waals surface area contributed by atoms with E-state index in [0.717, 1.165) is 30.3 Å². The van der Waals surface area contributed by atoms with Crippen molar-refractivity contribution in [3.8, 4) is 0 Å². The Hall–Kier alpha value is -1.94. The van der Waals surface area contributed by atoms with Crippen molar-refractivity contribution in [3.05, 3.63) is 65.2 Å². The first-order chi connectivity index (χ1) is 10.1. The van der Waals surface area contributed by atoms with Gasteiger partial charge in [-0.3, -0.25) is 4.90 Å². The van der Waals surface area contributed by atoms with Crippen molar-refractivity contribution < 1.29 is 8.78 Å². The Labute approximate surface area is 124 Å². The fourth-order valence-electron chi connectivity index (χ4n) is 2.34. The van der Waals surface area contributed by atoms with E-state index in [4.69, 9.17) is 5.73 Å². The average Bonchev–Trinajstić information content (AvgIpc) is 2.44. The number of para-hydroxylation sites is 1. The topological polar surface area (TPSA) is 29.3 Å². The molecule has 0 aliphatic rings. The van der Waals surface area contributed by atoms with Gasteiger partial charge in [-0.1, -0.05) is 31.2 Å². The number of anilines is 1. The lowest BCUT2D eigenvalue weighted by molar-refractivity contribution is 0.254. The number of benzene rings is 2. The van der Waals surface area contributed by atoms with E-state index in [1.165, 1.54) is 12.1 Å². The lowest BCUT2D eigenvalue weighted by Gasteiger charge is -2.23. The van der Waals surface area contributed by atoms with Gasteiger partial charge >= 0.3 is 0 Å². The molecule has 2 rings (SSSR count). The molecule has 0 aliphatic heterocycles. The smallest absolute Gasteiger partial charge is 0.130 e. The Balaban J connectivity index is 2.14. The summed E-state index contributed by atoms with van der Waals surface area (Å²) in [6.45, 7) is 3.99. The summed E-state index contributed by atoms with van der Waals surface area (Å²) >= 11 is 0. The lowest BCUT2D eigenvalue weighted by atomic mass is 10.1.